The van der Waals surface area contributed by atoms with Crippen LogP contribution in [0.2, 0.25) is 0 Å². The Morgan fingerprint density at radius 2 is 1.38 bits per heavy atom. The van der Waals surface area contributed by atoms with Crippen molar-refractivity contribution >= 4 is 35.3 Å². The van der Waals surface area contributed by atoms with Crippen molar-refractivity contribution in [1.29, 1.82) is 0 Å². The first-order valence-corrected chi connectivity index (χ1v) is 19.8. The zero-order valence-electron chi connectivity index (χ0n) is 34.1. The van der Waals surface area contributed by atoms with Crippen LogP contribution in [0.15, 0.2) is 72.3 Å². The van der Waals surface area contributed by atoms with Gasteiger partial charge in [-0.3, -0.25) is 19.2 Å². The molecule has 56 heavy (non-hydrogen) atoms. The molecule has 0 spiro atoms. The number of ketones is 3. The summed E-state index contributed by atoms with van der Waals surface area (Å²) in [5, 5.41) is 12.5. The monoisotopic (exact) mass is 768 g/mol. The third kappa shape index (κ3) is 6.65. The second kappa shape index (κ2) is 14.2. The first-order chi connectivity index (χ1) is 26.0. The Morgan fingerprint density at radius 3 is 1.93 bits per heavy atom. The average molecular weight is 769 g/mol. The number of carbonyl (C=O) groups is 6. The Labute approximate surface area is 329 Å². The van der Waals surface area contributed by atoms with Gasteiger partial charge in [-0.25, -0.2) is 9.59 Å². The van der Waals surface area contributed by atoms with Crippen LogP contribution < -0.4 is 0 Å². The molecule has 0 aliphatic heterocycles. The molecule has 0 heterocycles. The van der Waals surface area contributed by atoms with Gasteiger partial charge in [0, 0.05) is 36.5 Å². The zero-order valence-corrected chi connectivity index (χ0v) is 34.1. The van der Waals surface area contributed by atoms with Gasteiger partial charge >= 0.3 is 17.9 Å². The van der Waals surface area contributed by atoms with Crippen LogP contribution in [-0.2, 0) is 33.4 Å². The predicted octanol–water partition coefficient (Wildman–Crippen LogP) is 7.45. The third-order valence-electron chi connectivity index (χ3n) is 14.4. The van der Waals surface area contributed by atoms with Crippen molar-refractivity contribution in [2.75, 3.05) is 0 Å². The van der Waals surface area contributed by atoms with Gasteiger partial charge in [-0.1, -0.05) is 68.8 Å². The largest absolute Gasteiger partial charge is 0.460 e. The van der Waals surface area contributed by atoms with E-state index in [0.29, 0.717) is 17.5 Å². The van der Waals surface area contributed by atoms with Gasteiger partial charge in [0.05, 0.1) is 11.1 Å². The summed E-state index contributed by atoms with van der Waals surface area (Å²) in [7, 11) is 0. The van der Waals surface area contributed by atoms with E-state index in [0.717, 1.165) is 5.57 Å². The first kappa shape index (κ1) is 41.2. The van der Waals surface area contributed by atoms with Crippen LogP contribution in [0, 0.1) is 39.4 Å². The topological polar surface area (TPSA) is 150 Å². The van der Waals surface area contributed by atoms with E-state index >= 15 is 4.79 Å². The maximum atomic E-state index is 15.1. The van der Waals surface area contributed by atoms with Crippen LogP contribution in [0.4, 0.5) is 0 Å². The van der Waals surface area contributed by atoms with E-state index in [-0.39, 0.29) is 49.6 Å². The number of benzene rings is 2. The van der Waals surface area contributed by atoms with Crippen molar-refractivity contribution in [1.82, 2.24) is 0 Å². The Hall–Kier alpha value is -4.44. The quantitative estimate of drug-likeness (QED) is 0.147. The molecule has 3 fully saturated rings. The number of hydrogen-bond acceptors (Lipinski definition) is 10. The minimum absolute atomic E-state index is 0.0183. The van der Waals surface area contributed by atoms with Gasteiger partial charge in [0.2, 0.25) is 0 Å². The normalized spacial score (nSPS) is 33.1. The number of aliphatic hydroxyl groups is 1. The third-order valence-corrected chi connectivity index (χ3v) is 14.4. The van der Waals surface area contributed by atoms with Crippen LogP contribution in [0.3, 0.4) is 0 Å². The molecule has 10 heteroatoms. The van der Waals surface area contributed by atoms with E-state index in [1.54, 1.807) is 74.5 Å². The molecule has 300 valence electrons. The lowest BCUT2D eigenvalue weighted by Crippen LogP contribution is -2.65. The number of esters is 3. The van der Waals surface area contributed by atoms with Crippen LogP contribution >= 0.6 is 0 Å². The molecular weight excluding hydrogens is 712 g/mol. The molecule has 3 saturated carbocycles. The fourth-order valence-corrected chi connectivity index (χ4v) is 11.4. The molecule has 10 nitrogen and oxygen atoms in total. The van der Waals surface area contributed by atoms with Gasteiger partial charge in [0.15, 0.2) is 17.7 Å². The summed E-state index contributed by atoms with van der Waals surface area (Å²) in [6.45, 7) is 15.8. The molecule has 0 bridgehead atoms. The van der Waals surface area contributed by atoms with E-state index in [9.17, 15) is 29.1 Å². The molecule has 0 saturated heterocycles. The van der Waals surface area contributed by atoms with Crippen molar-refractivity contribution in [3.63, 3.8) is 0 Å². The Bertz CT molecular complexity index is 1960. The molecule has 2 aromatic rings. The average Bonchev–Trinajstić information content (AvgIpc) is 3.35. The standard InChI is InChI=1S/C46H56O10/c1-27(47)56-41(2,3)23-22-35(48)46(9,53)37-33(55-40(52)29-18-14-11-15-19-29)25-43(6)34-21-20-30-31(45(34,8)36(49)26-44(37,43)7)24-32(38(50)42(30,4)5)54-39(51)28-16-12-10-13-17-28/h10-20,31-34,37,53H,21-26H2,1-9H3/t31-,32+,33-,34+,37+,43+,44-,45+,46+/m1/s1. The number of allylic oxidation sites excluding steroid dienone is 2. The van der Waals surface area contributed by atoms with Crippen molar-refractivity contribution in [3.8, 4) is 0 Å². The lowest BCUT2D eigenvalue weighted by Gasteiger charge is -2.64. The Morgan fingerprint density at radius 1 is 0.821 bits per heavy atom. The second-order valence-electron chi connectivity index (χ2n) is 18.6. The number of rotatable bonds is 10. The van der Waals surface area contributed by atoms with E-state index in [2.05, 4.69) is 13.0 Å². The summed E-state index contributed by atoms with van der Waals surface area (Å²) in [6.07, 6.45) is 0.932. The second-order valence-corrected chi connectivity index (χ2v) is 18.6. The maximum absolute atomic E-state index is 15.1. The number of fused-ring (bicyclic) bond motifs is 5. The predicted molar refractivity (Wildman–Crippen MR) is 207 cm³/mol. The SMILES string of the molecule is CC(=O)OC(C)(C)CCC(=O)[C@](C)(O)[C@H]1[C@H](OC(=O)c2ccccc2)C[C@@]2(C)[C@@H]3CC=C4[C@@H](C[C@H](OC(=O)c5ccccc5)C(=O)C4(C)C)[C@]3(C)C(=O)C[C@]12C. The fourth-order valence-electron chi connectivity index (χ4n) is 11.4. The summed E-state index contributed by atoms with van der Waals surface area (Å²) >= 11 is 0. The van der Waals surface area contributed by atoms with Gasteiger partial charge in [0.25, 0.3) is 0 Å². The number of Topliss-reactive ketones (excluding diaryl/α,β-unsaturated/α-hetero) is 3. The Balaban J connectivity index is 1.39. The lowest BCUT2D eigenvalue weighted by atomic mass is 9.38. The molecule has 0 amide bonds. The van der Waals surface area contributed by atoms with Crippen molar-refractivity contribution < 1.29 is 48.1 Å². The number of hydrogen-bond donors (Lipinski definition) is 1. The minimum Gasteiger partial charge on any atom is -0.460 e. The minimum atomic E-state index is -2.04. The molecular formula is C46H56O10. The Kier molecular flexibility index (Phi) is 10.4. The van der Waals surface area contributed by atoms with E-state index in [1.165, 1.54) is 13.8 Å². The van der Waals surface area contributed by atoms with E-state index in [1.807, 2.05) is 27.7 Å². The highest BCUT2D eigenvalue weighted by Crippen LogP contribution is 2.74. The van der Waals surface area contributed by atoms with Crippen LogP contribution in [-0.4, -0.2) is 63.8 Å². The van der Waals surface area contributed by atoms with Gasteiger partial charge in [-0.2, -0.15) is 0 Å². The smallest absolute Gasteiger partial charge is 0.338 e. The molecule has 1 N–H and O–H groups in total. The van der Waals surface area contributed by atoms with E-state index in [4.69, 9.17) is 14.2 Å². The molecule has 0 unspecified atom stereocenters. The van der Waals surface area contributed by atoms with Crippen LogP contribution in [0.1, 0.15) is 122 Å². The summed E-state index contributed by atoms with van der Waals surface area (Å²) in [5.41, 5.74) is -5.31. The number of carbonyl (C=O) groups excluding carboxylic acids is 6. The molecule has 4 aliphatic carbocycles. The highest BCUT2D eigenvalue weighted by Gasteiger charge is 2.75. The highest BCUT2D eigenvalue weighted by molar-refractivity contribution is 5.98. The summed E-state index contributed by atoms with van der Waals surface area (Å²) < 4.78 is 17.7. The molecule has 0 aromatic heterocycles. The molecule has 9 atom stereocenters. The van der Waals surface area contributed by atoms with Gasteiger partial charge < -0.3 is 19.3 Å². The molecule has 0 radical (unpaired) electrons. The van der Waals surface area contributed by atoms with Gasteiger partial charge in [0.1, 0.15) is 23.1 Å². The van der Waals surface area contributed by atoms with Crippen molar-refractivity contribution in [3.05, 3.63) is 83.4 Å². The maximum Gasteiger partial charge on any atom is 0.338 e. The van der Waals surface area contributed by atoms with Crippen LogP contribution in [0.5, 0.6) is 0 Å². The molecule has 4 aliphatic rings. The summed E-state index contributed by atoms with van der Waals surface area (Å²) in [4.78, 5) is 82.2. The van der Waals surface area contributed by atoms with Gasteiger partial charge in [-0.05, 0) is 107 Å². The molecule has 2 aromatic carbocycles. The van der Waals surface area contributed by atoms with Crippen molar-refractivity contribution in [2.45, 2.75) is 124 Å². The number of ether oxygens (including phenoxy) is 3. The van der Waals surface area contributed by atoms with Gasteiger partial charge in [-0.15, -0.1) is 0 Å². The summed E-state index contributed by atoms with van der Waals surface area (Å²) in [6, 6.07) is 17.0. The van der Waals surface area contributed by atoms with E-state index < -0.39 is 80.6 Å². The fraction of sp³-hybridized carbons (Fsp3) is 0.565. The zero-order chi connectivity index (χ0) is 41.2. The van der Waals surface area contributed by atoms with Crippen molar-refractivity contribution in [2.24, 2.45) is 39.4 Å². The molecule has 6 rings (SSSR count). The van der Waals surface area contributed by atoms with Crippen LogP contribution in [0.25, 0.3) is 0 Å². The highest BCUT2D eigenvalue weighted by atomic mass is 16.6. The lowest BCUT2D eigenvalue weighted by molar-refractivity contribution is -0.185. The first-order valence-electron chi connectivity index (χ1n) is 19.8. The summed E-state index contributed by atoms with van der Waals surface area (Å²) in [5.74, 6) is -4.24.